The standard InChI is InChI=1S/C15H22ClN3O.HI/c1-12-5-4-9-19(11-12)15(17)18-8-10-20-14-7-3-2-6-13(14)16;/h2-3,6-7,12H,4-5,8-11H2,1H3,(H2,17,18);1H. The molecule has 1 aromatic rings. The maximum absolute atomic E-state index is 6.01. The first-order valence-corrected chi connectivity index (χ1v) is 7.47. The number of nitrogens with two attached hydrogens (primary N) is 1. The van der Waals surface area contributed by atoms with Crippen molar-refractivity contribution in [1.29, 1.82) is 0 Å². The van der Waals surface area contributed by atoms with Crippen LogP contribution in [0.25, 0.3) is 0 Å². The van der Waals surface area contributed by atoms with Gasteiger partial charge in [0.15, 0.2) is 5.96 Å². The van der Waals surface area contributed by atoms with Gasteiger partial charge in [-0.3, -0.25) is 0 Å². The van der Waals surface area contributed by atoms with Gasteiger partial charge in [-0.25, -0.2) is 4.99 Å². The molecular formula is C15H23ClIN3O. The van der Waals surface area contributed by atoms with E-state index in [1.807, 2.05) is 24.3 Å². The van der Waals surface area contributed by atoms with Gasteiger partial charge >= 0.3 is 0 Å². The number of benzene rings is 1. The molecule has 1 atom stereocenters. The summed E-state index contributed by atoms with van der Waals surface area (Å²) in [6.07, 6.45) is 2.47. The fourth-order valence-electron chi connectivity index (χ4n) is 2.38. The molecule has 21 heavy (non-hydrogen) atoms. The van der Waals surface area contributed by atoms with Crippen molar-refractivity contribution in [3.05, 3.63) is 29.3 Å². The first kappa shape index (κ1) is 18.4. The molecule has 1 aliphatic rings. The highest BCUT2D eigenvalue weighted by Crippen LogP contribution is 2.22. The van der Waals surface area contributed by atoms with Gasteiger partial charge in [0.25, 0.3) is 0 Å². The molecule has 0 saturated carbocycles. The van der Waals surface area contributed by atoms with Crippen molar-refractivity contribution < 1.29 is 4.74 Å². The molecule has 0 spiro atoms. The third-order valence-electron chi connectivity index (χ3n) is 3.44. The van der Waals surface area contributed by atoms with E-state index in [1.165, 1.54) is 12.8 Å². The molecule has 4 nitrogen and oxygen atoms in total. The summed E-state index contributed by atoms with van der Waals surface area (Å²) in [5, 5.41) is 0.620. The Balaban J connectivity index is 0.00000220. The van der Waals surface area contributed by atoms with Crippen molar-refractivity contribution in [3.8, 4) is 5.75 Å². The molecule has 0 bridgehead atoms. The lowest BCUT2D eigenvalue weighted by Crippen LogP contribution is -2.43. The number of rotatable bonds is 4. The zero-order valence-electron chi connectivity index (χ0n) is 12.3. The maximum atomic E-state index is 6.01. The van der Waals surface area contributed by atoms with Gasteiger partial charge in [-0.15, -0.1) is 24.0 Å². The van der Waals surface area contributed by atoms with Gasteiger partial charge < -0.3 is 15.4 Å². The van der Waals surface area contributed by atoms with Crippen LogP contribution >= 0.6 is 35.6 Å². The third-order valence-corrected chi connectivity index (χ3v) is 3.75. The van der Waals surface area contributed by atoms with Crippen LogP contribution in [0.1, 0.15) is 19.8 Å². The molecule has 2 N–H and O–H groups in total. The summed E-state index contributed by atoms with van der Waals surface area (Å²) in [4.78, 5) is 6.54. The zero-order chi connectivity index (χ0) is 14.4. The first-order chi connectivity index (χ1) is 9.66. The Kier molecular flexibility index (Phi) is 8.18. The van der Waals surface area contributed by atoms with E-state index in [2.05, 4.69) is 16.8 Å². The second-order valence-corrected chi connectivity index (χ2v) is 5.62. The zero-order valence-corrected chi connectivity index (χ0v) is 15.4. The van der Waals surface area contributed by atoms with E-state index in [0.29, 0.717) is 35.8 Å². The van der Waals surface area contributed by atoms with Crippen LogP contribution in [-0.4, -0.2) is 37.1 Å². The van der Waals surface area contributed by atoms with E-state index in [9.17, 15) is 0 Å². The van der Waals surface area contributed by atoms with Crippen LogP contribution in [0.4, 0.5) is 0 Å². The van der Waals surface area contributed by atoms with Gasteiger partial charge in [-0.05, 0) is 30.9 Å². The molecule has 1 fully saturated rings. The summed E-state index contributed by atoms with van der Waals surface area (Å²) in [7, 11) is 0. The van der Waals surface area contributed by atoms with Gasteiger partial charge in [0, 0.05) is 13.1 Å². The van der Waals surface area contributed by atoms with E-state index >= 15 is 0 Å². The number of likely N-dealkylation sites (tertiary alicyclic amines) is 1. The minimum absolute atomic E-state index is 0. The average Bonchev–Trinajstić information content (AvgIpc) is 2.45. The van der Waals surface area contributed by atoms with Crippen LogP contribution in [0.5, 0.6) is 5.75 Å². The predicted octanol–water partition coefficient (Wildman–Crippen LogP) is 3.38. The Morgan fingerprint density at radius 2 is 2.24 bits per heavy atom. The maximum Gasteiger partial charge on any atom is 0.191 e. The monoisotopic (exact) mass is 423 g/mol. The van der Waals surface area contributed by atoms with Gasteiger partial charge in [0.1, 0.15) is 12.4 Å². The molecular weight excluding hydrogens is 401 g/mol. The highest BCUT2D eigenvalue weighted by Gasteiger charge is 2.17. The molecule has 1 unspecified atom stereocenters. The molecule has 0 aromatic heterocycles. The quantitative estimate of drug-likeness (QED) is 0.350. The third kappa shape index (κ3) is 5.90. The summed E-state index contributed by atoms with van der Waals surface area (Å²) in [6, 6.07) is 7.43. The molecule has 1 heterocycles. The van der Waals surface area contributed by atoms with Crippen LogP contribution in [-0.2, 0) is 0 Å². The number of halogens is 2. The second-order valence-electron chi connectivity index (χ2n) is 5.21. The molecule has 6 heteroatoms. The van der Waals surface area contributed by atoms with E-state index < -0.39 is 0 Å². The topological polar surface area (TPSA) is 50.8 Å². The van der Waals surface area contributed by atoms with Gasteiger partial charge in [-0.2, -0.15) is 0 Å². The van der Waals surface area contributed by atoms with Gasteiger partial charge in [0.05, 0.1) is 11.6 Å². The Morgan fingerprint density at radius 3 is 2.95 bits per heavy atom. The van der Waals surface area contributed by atoms with Crippen LogP contribution in [0, 0.1) is 5.92 Å². The van der Waals surface area contributed by atoms with Crippen molar-refractivity contribution >= 4 is 41.5 Å². The van der Waals surface area contributed by atoms with Crippen molar-refractivity contribution in [3.63, 3.8) is 0 Å². The fourth-order valence-corrected chi connectivity index (χ4v) is 2.57. The number of piperidine rings is 1. The number of nitrogens with zero attached hydrogens (tertiary/aromatic N) is 2. The highest BCUT2D eigenvalue weighted by molar-refractivity contribution is 14.0. The number of hydrogen-bond acceptors (Lipinski definition) is 2. The number of aliphatic imine (C=N–C) groups is 1. The molecule has 0 radical (unpaired) electrons. The minimum atomic E-state index is 0. The number of ether oxygens (including phenoxy) is 1. The van der Waals surface area contributed by atoms with E-state index in [-0.39, 0.29) is 24.0 Å². The van der Waals surface area contributed by atoms with Crippen molar-refractivity contribution in [2.24, 2.45) is 16.6 Å². The lowest BCUT2D eigenvalue weighted by Gasteiger charge is -2.31. The number of guanidine groups is 1. The van der Waals surface area contributed by atoms with Gasteiger partial charge in [-0.1, -0.05) is 30.7 Å². The fraction of sp³-hybridized carbons (Fsp3) is 0.533. The van der Waals surface area contributed by atoms with Crippen LogP contribution in [0.3, 0.4) is 0 Å². The summed E-state index contributed by atoms with van der Waals surface area (Å²) in [5.41, 5.74) is 6.01. The van der Waals surface area contributed by atoms with Gasteiger partial charge in [0.2, 0.25) is 0 Å². The summed E-state index contributed by atoms with van der Waals surface area (Å²) >= 11 is 6.01. The Bertz CT molecular complexity index is 470. The Morgan fingerprint density at radius 1 is 1.48 bits per heavy atom. The SMILES string of the molecule is CC1CCCN(C(N)=NCCOc2ccccc2Cl)C1.I. The van der Waals surface area contributed by atoms with Crippen LogP contribution in [0.15, 0.2) is 29.3 Å². The second kappa shape index (κ2) is 9.35. The van der Waals surface area contributed by atoms with Crippen molar-refractivity contribution in [2.45, 2.75) is 19.8 Å². The molecule has 1 saturated heterocycles. The molecule has 0 aliphatic carbocycles. The van der Waals surface area contributed by atoms with E-state index in [4.69, 9.17) is 22.1 Å². The average molecular weight is 424 g/mol. The number of para-hydroxylation sites is 1. The lowest BCUT2D eigenvalue weighted by atomic mass is 10.0. The lowest BCUT2D eigenvalue weighted by molar-refractivity contribution is 0.269. The number of hydrogen-bond donors (Lipinski definition) is 1. The van der Waals surface area contributed by atoms with Crippen LogP contribution in [0.2, 0.25) is 5.02 Å². The molecule has 2 rings (SSSR count). The molecule has 1 aromatic carbocycles. The Hall–Kier alpha value is -0.690. The van der Waals surface area contributed by atoms with E-state index in [1.54, 1.807) is 0 Å². The van der Waals surface area contributed by atoms with Crippen molar-refractivity contribution in [1.82, 2.24) is 4.90 Å². The predicted molar refractivity (Wildman–Crippen MR) is 98.8 cm³/mol. The molecule has 118 valence electrons. The largest absolute Gasteiger partial charge is 0.490 e. The first-order valence-electron chi connectivity index (χ1n) is 7.09. The Labute approximate surface area is 148 Å². The van der Waals surface area contributed by atoms with E-state index in [0.717, 1.165) is 13.1 Å². The smallest absolute Gasteiger partial charge is 0.191 e. The molecule has 1 aliphatic heterocycles. The normalized spacial score (nSPS) is 19.0. The summed E-state index contributed by atoms with van der Waals surface area (Å²) in [6.45, 7) is 5.28. The highest BCUT2D eigenvalue weighted by atomic mass is 127. The minimum Gasteiger partial charge on any atom is -0.490 e. The summed E-state index contributed by atoms with van der Waals surface area (Å²) < 4.78 is 5.58. The summed E-state index contributed by atoms with van der Waals surface area (Å²) in [5.74, 6) is 2.01. The van der Waals surface area contributed by atoms with Crippen LogP contribution < -0.4 is 10.5 Å². The molecule has 0 amide bonds. The van der Waals surface area contributed by atoms with Crippen molar-refractivity contribution in [2.75, 3.05) is 26.2 Å².